The quantitative estimate of drug-likeness (QED) is 0.535. The second-order valence-electron chi connectivity index (χ2n) is 7.77. The number of esters is 2. The molecule has 8 nitrogen and oxygen atoms in total. The van der Waals surface area contributed by atoms with Gasteiger partial charge in [-0.1, -0.05) is 24.3 Å². The van der Waals surface area contributed by atoms with Crippen LogP contribution < -0.4 is 0 Å². The molecule has 0 aliphatic carbocycles. The summed E-state index contributed by atoms with van der Waals surface area (Å²) < 4.78 is 10.4. The average Bonchev–Trinajstić information content (AvgIpc) is 2.87. The number of fused-ring (bicyclic) bond motifs is 1. The van der Waals surface area contributed by atoms with Gasteiger partial charge in [-0.15, -0.1) is 0 Å². The molecule has 3 heterocycles. The number of pyridine rings is 2. The molecule has 1 saturated heterocycles. The summed E-state index contributed by atoms with van der Waals surface area (Å²) in [5.74, 6) is -1.29. The zero-order chi connectivity index (χ0) is 23.2. The number of amides is 1. The molecule has 0 bridgehead atoms. The van der Waals surface area contributed by atoms with E-state index in [2.05, 4.69) is 9.97 Å². The van der Waals surface area contributed by atoms with Crippen molar-refractivity contribution in [3.05, 3.63) is 60.3 Å². The van der Waals surface area contributed by atoms with Crippen LogP contribution in [0.15, 0.2) is 54.7 Å². The van der Waals surface area contributed by atoms with E-state index in [1.165, 1.54) is 0 Å². The molecule has 1 aliphatic heterocycles. The molecule has 0 atom stereocenters. The lowest BCUT2D eigenvalue weighted by Gasteiger charge is -2.30. The number of rotatable bonds is 6. The van der Waals surface area contributed by atoms with E-state index in [4.69, 9.17) is 9.47 Å². The standard InChI is InChI=1S/C25H25N3O5/c1-2-32-24(30)17-10-13-28(14-11-17)23(29)16-33-25(31)19-15-22(21-9-5-6-12-26-21)27-20-8-4-3-7-18(19)20/h3-9,12,15,17H,2,10-11,13-14,16H2,1H3. The third-order valence-electron chi connectivity index (χ3n) is 5.66. The van der Waals surface area contributed by atoms with Gasteiger partial charge in [-0.2, -0.15) is 0 Å². The van der Waals surface area contributed by atoms with Crippen LogP contribution in [-0.4, -0.2) is 59.0 Å². The van der Waals surface area contributed by atoms with E-state index in [9.17, 15) is 14.4 Å². The predicted octanol–water partition coefficient (Wildman–Crippen LogP) is 3.26. The number of aromatic nitrogens is 2. The largest absolute Gasteiger partial charge is 0.466 e. The molecule has 0 radical (unpaired) electrons. The summed E-state index contributed by atoms with van der Waals surface area (Å²) in [6.07, 6.45) is 2.75. The van der Waals surface area contributed by atoms with Crippen LogP contribution in [0, 0.1) is 5.92 Å². The second-order valence-corrected chi connectivity index (χ2v) is 7.77. The summed E-state index contributed by atoms with van der Waals surface area (Å²) in [6.45, 7) is 2.62. The molecule has 1 amide bonds. The Kier molecular flexibility index (Phi) is 6.92. The van der Waals surface area contributed by atoms with Crippen LogP contribution in [0.4, 0.5) is 0 Å². The van der Waals surface area contributed by atoms with E-state index in [0.717, 1.165) is 0 Å². The molecule has 0 unspecified atom stereocenters. The van der Waals surface area contributed by atoms with Crippen molar-refractivity contribution in [1.82, 2.24) is 14.9 Å². The molecule has 1 aromatic carbocycles. The first-order chi connectivity index (χ1) is 16.1. The van der Waals surface area contributed by atoms with Crippen molar-refractivity contribution in [2.45, 2.75) is 19.8 Å². The molecular weight excluding hydrogens is 422 g/mol. The molecular formula is C25H25N3O5. The minimum atomic E-state index is -0.597. The van der Waals surface area contributed by atoms with Crippen LogP contribution in [0.1, 0.15) is 30.1 Å². The van der Waals surface area contributed by atoms with E-state index in [-0.39, 0.29) is 24.4 Å². The number of hydrogen-bond acceptors (Lipinski definition) is 7. The maximum Gasteiger partial charge on any atom is 0.339 e. The smallest absolute Gasteiger partial charge is 0.339 e. The van der Waals surface area contributed by atoms with E-state index in [0.29, 0.717) is 60.4 Å². The van der Waals surface area contributed by atoms with Crippen molar-refractivity contribution in [3.8, 4) is 11.4 Å². The van der Waals surface area contributed by atoms with Crippen molar-refractivity contribution in [2.75, 3.05) is 26.3 Å². The number of carbonyl (C=O) groups is 3. The molecule has 3 aromatic rings. The summed E-state index contributed by atoms with van der Waals surface area (Å²) in [7, 11) is 0. The third-order valence-corrected chi connectivity index (χ3v) is 5.66. The van der Waals surface area contributed by atoms with Gasteiger partial charge in [0.1, 0.15) is 0 Å². The molecule has 1 fully saturated rings. The number of para-hydroxylation sites is 1. The highest BCUT2D eigenvalue weighted by atomic mass is 16.5. The summed E-state index contributed by atoms with van der Waals surface area (Å²) in [4.78, 5) is 48.0. The molecule has 2 aromatic heterocycles. The van der Waals surface area contributed by atoms with Gasteiger partial charge in [0.25, 0.3) is 5.91 Å². The highest BCUT2D eigenvalue weighted by Crippen LogP contribution is 2.24. The monoisotopic (exact) mass is 447 g/mol. The van der Waals surface area contributed by atoms with Gasteiger partial charge >= 0.3 is 11.9 Å². The Morgan fingerprint density at radius 3 is 2.48 bits per heavy atom. The van der Waals surface area contributed by atoms with Gasteiger partial charge in [-0.05, 0) is 44.0 Å². The lowest BCUT2D eigenvalue weighted by Crippen LogP contribution is -2.42. The number of nitrogens with zero attached hydrogens (tertiary/aromatic N) is 3. The van der Waals surface area contributed by atoms with Crippen molar-refractivity contribution in [2.24, 2.45) is 5.92 Å². The average molecular weight is 447 g/mol. The lowest BCUT2D eigenvalue weighted by atomic mass is 9.97. The summed E-state index contributed by atoms with van der Waals surface area (Å²) in [5, 5.41) is 0.643. The Hall–Kier alpha value is -3.81. The van der Waals surface area contributed by atoms with Crippen LogP contribution in [0.2, 0.25) is 0 Å². The minimum Gasteiger partial charge on any atom is -0.466 e. The first-order valence-corrected chi connectivity index (χ1v) is 11.0. The maximum atomic E-state index is 12.9. The van der Waals surface area contributed by atoms with Crippen molar-refractivity contribution < 1.29 is 23.9 Å². The predicted molar refractivity (Wildman–Crippen MR) is 121 cm³/mol. The number of hydrogen-bond donors (Lipinski definition) is 0. The first kappa shape index (κ1) is 22.4. The Balaban J connectivity index is 1.44. The molecule has 0 spiro atoms. The van der Waals surface area contributed by atoms with Gasteiger partial charge in [0, 0.05) is 24.7 Å². The molecule has 1 aliphatic rings. The zero-order valence-corrected chi connectivity index (χ0v) is 18.4. The zero-order valence-electron chi connectivity index (χ0n) is 18.4. The Morgan fingerprint density at radius 1 is 1.00 bits per heavy atom. The van der Waals surface area contributed by atoms with Gasteiger partial charge in [-0.25, -0.2) is 9.78 Å². The highest BCUT2D eigenvalue weighted by molar-refractivity contribution is 6.05. The Bertz CT molecular complexity index is 1160. The molecule has 0 N–H and O–H groups in total. The van der Waals surface area contributed by atoms with Gasteiger partial charge in [0.2, 0.25) is 0 Å². The number of benzene rings is 1. The van der Waals surface area contributed by atoms with E-state index >= 15 is 0 Å². The third kappa shape index (κ3) is 5.16. The van der Waals surface area contributed by atoms with Crippen LogP contribution in [0.25, 0.3) is 22.3 Å². The first-order valence-electron chi connectivity index (χ1n) is 11.0. The van der Waals surface area contributed by atoms with Crippen molar-refractivity contribution in [1.29, 1.82) is 0 Å². The second kappa shape index (κ2) is 10.2. The van der Waals surface area contributed by atoms with Gasteiger partial charge in [0.15, 0.2) is 6.61 Å². The summed E-state index contributed by atoms with van der Waals surface area (Å²) in [6, 6.07) is 14.4. The SMILES string of the molecule is CCOC(=O)C1CCN(C(=O)COC(=O)c2cc(-c3ccccn3)nc3ccccc23)CC1. The Morgan fingerprint density at radius 2 is 1.76 bits per heavy atom. The number of likely N-dealkylation sites (tertiary alicyclic amines) is 1. The van der Waals surface area contributed by atoms with Crippen LogP contribution in [0.3, 0.4) is 0 Å². The molecule has 170 valence electrons. The fourth-order valence-electron chi connectivity index (χ4n) is 3.91. The van der Waals surface area contributed by atoms with Gasteiger partial charge in [0.05, 0.1) is 35.0 Å². The van der Waals surface area contributed by atoms with Gasteiger partial charge < -0.3 is 14.4 Å². The maximum absolute atomic E-state index is 12.9. The van der Waals surface area contributed by atoms with Crippen molar-refractivity contribution in [3.63, 3.8) is 0 Å². The van der Waals surface area contributed by atoms with E-state index in [1.807, 2.05) is 30.3 Å². The van der Waals surface area contributed by atoms with Crippen LogP contribution in [-0.2, 0) is 19.1 Å². The topological polar surface area (TPSA) is 98.7 Å². The number of piperidine rings is 1. The Labute approximate surface area is 191 Å². The normalized spacial score (nSPS) is 14.2. The van der Waals surface area contributed by atoms with Gasteiger partial charge in [-0.3, -0.25) is 14.6 Å². The summed E-state index contributed by atoms with van der Waals surface area (Å²) in [5.41, 5.74) is 2.15. The van der Waals surface area contributed by atoms with E-state index < -0.39 is 5.97 Å². The molecule has 8 heteroatoms. The summed E-state index contributed by atoms with van der Waals surface area (Å²) >= 11 is 0. The number of ether oxygens (including phenoxy) is 2. The molecule has 4 rings (SSSR count). The van der Waals surface area contributed by atoms with E-state index in [1.54, 1.807) is 36.2 Å². The van der Waals surface area contributed by atoms with Crippen molar-refractivity contribution >= 4 is 28.7 Å². The lowest BCUT2D eigenvalue weighted by molar-refractivity contribution is -0.151. The highest BCUT2D eigenvalue weighted by Gasteiger charge is 2.28. The minimum absolute atomic E-state index is 0.190. The number of carbonyl (C=O) groups excluding carboxylic acids is 3. The molecule has 0 saturated carbocycles. The fourth-order valence-corrected chi connectivity index (χ4v) is 3.91. The fraction of sp³-hybridized carbons (Fsp3) is 0.320. The molecule has 33 heavy (non-hydrogen) atoms. The van der Waals surface area contributed by atoms with Crippen LogP contribution >= 0.6 is 0 Å². The van der Waals surface area contributed by atoms with Crippen LogP contribution in [0.5, 0.6) is 0 Å².